The molecule has 1 heterocycles. The first-order chi connectivity index (χ1) is 15.0. The highest BCUT2D eigenvalue weighted by atomic mass is 19.1. The van der Waals surface area contributed by atoms with Crippen LogP contribution in [-0.2, 0) is 4.79 Å². The summed E-state index contributed by atoms with van der Waals surface area (Å²) in [7, 11) is 0. The number of hydrogen-bond donors (Lipinski definition) is 4. The second kappa shape index (κ2) is 8.66. The number of fused-ring (bicyclic) bond motifs is 1. The number of halogens is 2. The molecular formula is C23H18F2N4O2. The van der Waals surface area contributed by atoms with E-state index in [1.165, 1.54) is 6.07 Å². The van der Waals surface area contributed by atoms with Crippen molar-refractivity contribution in [1.29, 1.82) is 0 Å². The second-order valence-electron chi connectivity index (χ2n) is 6.80. The largest absolute Gasteiger partial charge is 0.351 e. The molecule has 1 aromatic heterocycles. The lowest BCUT2D eigenvalue weighted by atomic mass is 10.2. The van der Waals surface area contributed by atoms with Crippen molar-refractivity contribution in [2.24, 2.45) is 0 Å². The lowest BCUT2D eigenvalue weighted by Crippen LogP contribution is -2.33. The Bertz CT molecular complexity index is 1240. The van der Waals surface area contributed by atoms with Gasteiger partial charge in [0, 0.05) is 17.0 Å². The Labute approximate surface area is 176 Å². The summed E-state index contributed by atoms with van der Waals surface area (Å²) in [5.41, 5.74) is 2.04. The lowest BCUT2D eigenvalue weighted by molar-refractivity contribution is -0.115. The highest BCUT2D eigenvalue weighted by Crippen LogP contribution is 2.27. The first-order valence-electron chi connectivity index (χ1n) is 9.46. The second-order valence-corrected chi connectivity index (χ2v) is 6.80. The number of aromatic amines is 1. The van der Waals surface area contributed by atoms with Gasteiger partial charge >= 0.3 is 0 Å². The van der Waals surface area contributed by atoms with E-state index >= 15 is 0 Å². The van der Waals surface area contributed by atoms with Gasteiger partial charge in [0.1, 0.15) is 17.3 Å². The fraction of sp³-hybridized carbons (Fsp3) is 0.0435. The standard InChI is InChI=1S/C23H18F2N4O2/c24-15-9-10-18(16(25)12-15)28-19-7-3-4-8-20(19)29-22(30)13-26-23(31)21-11-14-5-1-2-6-17(14)27-21/h1-12,27-28H,13H2,(H,26,31)(H,29,30). The normalized spacial score (nSPS) is 10.6. The number of nitrogens with one attached hydrogen (secondary N) is 4. The summed E-state index contributed by atoms with van der Waals surface area (Å²) in [6.45, 7) is -0.257. The minimum Gasteiger partial charge on any atom is -0.351 e. The maximum Gasteiger partial charge on any atom is 0.268 e. The van der Waals surface area contributed by atoms with Crippen LogP contribution in [0.15, 0.2) is 72.8 Å². The maximum atomic E-state index is 13.9. The van der Waals surface area contributed by atoms with Crippen LogP contribution in [0.25, 0.3) is 10.9 Å². The third-order valence-electron chi connectivity index (χ3n) is 4.59. The number of aromatic nitrogens is 1. The Morgan fingerprint density at radius 3 is 2.35 bits per heavy atom. The van der Waals surface area contributed by atoms with Crippen LogP contribution in [0.5, 0.6) is 0 Å². The van der Waals surface area contributed by atoms with Crippen molar-refractivity contribution < 1.29 is 18.4 Å². The Balaban J connectivity index is 1.40. The molecule has 0 spiro atoms. The van der Waals surface area contributed by atoms with Crippen LogP contribution >= 0.6 is 0 Å². The highest BCUT2D eigenvalue weighted by molar-refractivity contribution is 6.02. The van der Waals surface area contributed by atoms with Crippen molar-refractivity contribution >= 4 is 39.8 Å². The third kappa shape index (κ3) is 4.69. The molecule has 0 atom stereocenters. The smallest absolute Gasteiger partial charge is 0.268 e. The molecule has 4 rings (SSSR count). The molecule has 0 unspecified atom stereocenters. The molecule has 156 valence electrons. The third-order valence-corrected chi connectivity index (χ3v) is 4.59. The maximum absolute atomic E-state index is 13.9. The zero-order valence-electron chi connectivity index (χ0n) is 16.2. The topological polar surface area (TPSA) is 86.0 Å². The summed E-state index contributed by atoms with van der Waals surface area (Å²) in [5, 5.41) is 8.96. The number of amides is 2. The fourth-order valence-electron chi connectivity index (χ4n) is 3.08. The Kier molecular flexibility index (Phi) is 5.61. The average molecular weight is 420 g/mol. The van der Waals surface area contributed by atoms with E-state index < -0.39 is 23.4 Å². The molecule has 0 fully saturated rings. The minimum atomic E-state index is -0.758. The predicted molar refractivity (Wildman–Crippen MR) is 115 cm³/mol. The number of rotatable bonds is 6. The summed E-state index contributed by atoms with van der Waals surface area (Å²) in [4.78, 5) is 27.7. The van der Waals surface area contributed by atoms with Gasteiger partial charge in [-0.1, -0.05) is 30.3 Å². The molecule has 31 heavy (non-hydrogen) atoms. The molecule has 4 aromatic rings. The molecule has 4 N–H and O–H groups in total. The molecule has 0 radical (unpaired) electrons. The van der Waals surface area contributed by atoms with Crippen molar-refractivity contribution in [2.75, 3.05) is 17.2 Å². The summed E-state index contributed by atoms with van der Waals surface area (Å²) in [6, 6.07) is 19.0. The van der Waals surface area contributed by atoms with Gasteiger partial charge in [0.25, 0.3) is 5.91 Å². The van der Waals surface area contributed by atoms with E-state index in [4.69, 9.17) is 0 Å². The van der Waals surface area contributed by atoms with Crippen molar-refractivity contribution in [3.8, 4) is 0 Å². The molecule has 0 saturated heterocycles. The fourth-order valence-corrected chi connectivity index (χ4v) is 3.08. The molecule has 6 nitrogen and oxygen atoms in total. The van der Waals surface area contributed by atoms with E-state index in [1.54, 1.807) is 30.3 Å². The number of hydrogen-bond acceptors (Lipinski definition) is 3. The molecule has 0 saturated carbocycles. The van der Waals surface area contributed by atoms with E-state index in [0.29, 0.717) is 17.1 Å². The Hall–Kier alpha value is -4.20. The first-order valence-corrected chi connectivity index (χ1v) is 9.46. The number of benzene rings is 3. The summed E-state index contributed by atoms with van der Waals surface area (Å²) in [5.74, 6) is -2.31. The van der Waals surface area contributed by atoms with E-state index in [0.717, 1.165) is 23.0 Å². The molecule has 0 aliphatic carbocycles. The van der Waals surface area contributed by atoms with Crippen LogP contribution in [-0.4, -0.2) is 23.3 Å². The van der Waals surface area contributed by atoms with Crippen LogP contribution in [0.1, 0.15) is 10.5 Å². The minimum absolute atomic E-state index is 0.0650. The van der Waals surface area contributed by atoms with Gasteiger partial charge in [-0.15, -0.1) is 0 Å². The van der Waals surface area contributed by atoms with Gasteiger partial charge in [-0.25, -0.2) is 8.78 Å². The van der Waals surface area contributed by atoms with Gasteiger partial charge in [0.05, 0.1) is 23.6 Å². The van der Waals surface area contributed by atoms with E-state index in [1.807, 2.05) is 24.3 Å². The molecule has 8 heteroatoms. The summed E-state index contributed by atoms with van der Waals surface area (Å²) >= 11 is 0. The number of anilines is 3. The van der Waals surface area contributed by atoms with Gasteiger partial charge in [0.15, 0.2) is 0 Å². The Morgan fingerprint density at radius 1 is 0.839 bits per heavy atom. The first kappa shape index (κ1) is 20.1. The highest BCUT2D eigenvalue weighted by Gasteiger charge is 2.13. The molecule has 0 aliphatic rings. The van der Waals surface area contributed by atoms with E-state index in [2.05, 4.69) is 20.9 Å². The van der Waals surface area contributed by atoms with Crippen molar-refractivity contribution in [1.82, 2.24) is 10.3 Å². The predicted octanol–water partition coefficient (Wildman–Crippen LogP) is 4.56. The number of carbonyl (C=O) groups excluding carboxylic acids is 2. The zero-order valence-corrected chi connectivity index (χ0v) is 16.2. The lowest BCUT2D eigenvalue weighted by Gasteiger charge is -2.14. The molecule has 0 bridgehead atoms. The van der Waals surface area contributed by atoms with Crippen molar-refractivity contribution in [3.63, 3.8) is 0 Å². The molecule has 3 aromatic carbocycles. The zero-order chi connectivity index (χ0) is 21.8. The molecule has 2 amide bonds. The number of carbonyl (C=O) groups is 2. The SMILES string of the molecule is O=C(CNC(=O)c1cc2ccccc2[nH]1)Nc1ccccc1Nc1ccc(F)cc1F. The van der Waals surface area contributed by atoms with Gasteiger partial charge < -0.3 is 20.9 Å². The van der Waals surface area contributed by atoms with Gasteiger partial charge in [0.2, 0.25) is 5.91 Å². The van der Waals surface area contributed by atoms with Gasteiger partial charge in [-0.3, -0.25) is 9.59 Å². The van der Waals surface area contributed by atoms with Crippen LogP contribution in [0.4, 0.5) is 25.8 Å². The average Bonchev–Trinajstić information content (AvgIpc) is 3.20. The van der Waals surface area contributed by atoms with E-state index in [-0.39, 0.29) is 12.2 Å². The number of para-hydroxylation sites is 3. The van der Waals surface area contributed by atoms with Crippen LogP contribution in [0, 0.1) is 11.6 Å². The van der Waals surface area contributed by atoms with E-state index in [9.17, 15) is 18.4 Å². The van der Waals surface area contributed by atoms with Gasteiger partial charge in [-0.2, -0.15) is 0 Å². The summed E-state index contributed by atoms with van der Waals surface area (Å²) in [6.07, 6.45) is 0. The van der Waals surface area contributed by atoms with Crippen LogP contribution in [0.2, 0.25) is 0 Å². The molecule has 0 aliphatic heterocycles. The van der Waals surface area contributed by atoms with Crippen LogP contribution in [0.3, 0.4) is 0 Å². The van der Waals surface area contributed by atoms with Crippen molar-refractivity contribution in [2.45, 2.75) is 0 Å². The summed E-state index contributed by atoms with van der Waals surface area (Å²) < 4.78 is 27.0. The van der Waals surface area contributed by atoms with Crippen molar-refractivity contribution in [3.05, 3.63) is 90.1 Å². The molecular weight excluding hydrogens is 402 g/mol. The van der Waals surface area contributed by atoms with Crippen LogP contribution < -0.4 is 16.0 Å². The van der Waals surface area contributed by atoms with Gasteiger partial charge in [-0.05, 0) is 36.4 Å². The quantitative estimate of drug-likeness (QED) is 0.369. The Morgan fingerprint density at radius 2 is 1.58 bits per heavy atom. The number of H-pyrrole nitrogens is 1. The monoisotopic (exact) mass is 420 g/mol.